The molecule has 1 N–H and O–H groups in total. The van der Waals surface area contributed by atoms with Crippen molar-refractivity contribution >= 4 is 27.3 Å². The molecule has 0 spiro atoms. The number of para-hydroxylation sites is 1. The molecule has 140 valence electrons. The number of nitrogens with one attached hydrogen (secondary N) is 1. The number of methoxy groups -OCH3 is 1. The molecule has 0 radical (unpaired) electrons. The molecule has 0 unspecified atom stereocenters. The van der Waals surface area contributed by atoms with E-state index in [2.05, 4.69) is 4.72 Å². The van der Waals surface area contributed by atoms with Crippen LogP contribution in [0.3, 0.4) is 0 Å². The van der Waals surface area contributed by atoms with Crippen molar-refractivity contribution in [3.8, 4) is 17.2 Å². The fourth-order valence-electron chi connectivity index (χ4n) is 2.30. The molecule has 0 saturated heterocycles. The summed E-state index contributed by atoms with van der Waals surface area (Å²) in [5.41, 5.74) is 0.127. The van der Waals surface area contributed by atoms with Crippen molar-refractivity contribution in [1.82, 2.24) is 0 Å². The van der Waals surface area contributed by atoms with Gasteiger partial charge in [0, 0.05) is 5.02 Å². The lowest BCUT2D eigenvalue weighted by Gasteiger charge is -2.14. The van der Waals surface area contributed by atoms with E-state index in [0.717, 1.165) is 6.07 Å². The Morgan fingerprint density at radius 3 is 2.33 bits per heavy atom. The summed E-state index contributed by atoms with van der Waals surface area (Å²) in [6.07, 6.45) is 0. The van der Waals surface area contributed by atoms with E-state index in [1.54, 1.807) is 36.4 Å². The van der Waals surface area contributed by atoms with Crippen molar-refractivity contribution in [2.45, 2.75) is 4.90 Å². The Labute approximate surface area is 161 Å². The van der Waals surface area contributed by atoms with Gasteiger partial charge in [0.15, 0.2) is 17.3 Å². The second kappa shape index (κ2) is 7.85. The van der Waals surface area contributed by atoms with Crippen LogP contribution in [0.25, 0.3) is 0 Å². The first-order valence-corrected chi connectivity index (χ1v) is 9.64. The van der Waals surface area contributed by atoms with Crippen molar-refractivity contribution in [3.05, 3.63) is 77.6 Å². The van der Waals surface area contributed by atoms with Crippen LogP contribution in [0.2, 0.25) is 5.02 Å². The largest absolute Gasteiger partial charge is 0.494 e. The van der Waals surface area contributed by atoms with Crippen LogP contribution in [-0.2, 0) is 10.0 Å². The third kappa shape index (κ3) is 4.50. The van der Waals surface area contributed by atoms with E-state index in [1.165, 1.54) is 25.3 Å². The molecule has 0 atom stereocenters. The van der Waals surface area contributed by atoms with Crippen LogP contribution in [0, 0.1) is 5.82 Å². The summed E-state index contributed by atoms with van der Waals surface area (Å²) in [5, 5.41) is 0.314. The maximum Gasteiger partial charge on any atom is 0.262 e. The lowest BCUT2D eigenvalue weighted by atomic mass is 10.3. The molecule has 0 amide bonds. The van der Waals surface area contributed by atoms with E-state index in [0.29, 0.717) is 10.8 Å². The third-order valence-electron chi connectivity index (χ3n) is 3.59. The van der Waals surface area contributed by atoms with Gasteiger partial charge in [-0.2, -0.15) is 0 Å². The molecule has 0 aromatic heterocycles. The Morgan fingerprint density at radius 1 is 0.963 bits per heavy atom. The number of benzene rings is 3. The van der Waals surface area contributed by atoms with Gasteiger partial charge in [0.25, 0.3) is 10.0 Å². The predicted molar refractivity (Wildman–Crippen MR) is 102 cm³/mol. The molecule has 3 aromatic rings. The molecule has 0 saturated carbocycles. The van der Waals surface area contributed by atoms with Crippen molar-refractivity contribution in [2.24, 2.45) is 0 Å². The first kappa shape index (κ1) is 19.0. The Hall–Kier alpha value is -2.77. The van der Waals surface area contributed by atoms with E-state index in [4.69, 9.17) is 21.1 Å². The van der Waals surface area contributed by atoms with Gasteiger partial charge in [-0.25, -0.2) is 12.8 Å². The van der Waals surface area contributed by atoms with Crippen LogP contribution in [0.1, 0.15) is 0 Å². The predicted octanol–water partition coefficient (Wildman–Crippen LogP) is 5.08. The van der Waals surface area contributed by atoms with E-state index in [9.17, 15) is 12.8 Å². The number of sulfonamides is 1. The molecule has 0 aliphatic rings. The third-order valence-corrected chi connectivity index (χ3v) is 5.19. The summed E-state index contributed by atoms with van der Waals surface area (Å²) < 4.78 is 52.1. The zero-order valence-electron chi connectivity index (χ0n) is 14.1. The van der Waals surface area contributed by atoms with Crippen molar-refractivity contribution in [3.63, 3.8) is 0 Å². The zero-order valence-corrected chi connectivity index (χ0v) is 15.7. The fraction of sp³-hybridized carbons (Fsp3) is 0.0526. The SMILES string of the molecule is COc1ccc(S(=O)(=O)Nc2cc(Cl)ccc2Oc2ccccc2)cc1F. The minimum Gasteiger partial charge on any atom is -0.494 e. The molecule has 3 rings (SSSR count). The summed E-state index contributed by atoms with van der Waals surface area (Å²) >= 11 is 5.99. The van der Waals surface area contributed by atoms with E-state index < -0.39 is 15.8 Å². The van der Waals surface area contributed by atoms with Gasteiger partial charge in [-0.1, -0.05) is 29.8 Å². The van der Waals surface area contributed by atoms with Gasteiger partial charge in [-0.15, -0.1) is 0 Å². The van der Waals surface area contributed by atoms with Gasteiger partial charge >= 0.3 is 0 Å². The normalized spacial score (nSPS) is 11.1. The first-order chi connectivity index (χ1) is 12.9. The highest BCUT2D eigenvalue weighted by Crippen LogP contribution is 2.34. The second-order valence-corrected chi connectivity index (χ2v) is 7.58. The van der Waals surface area contributed by atoms with E-state index >= 15 is 0 Å². The smallest absolute Gasteiger partial charge is 0.262 e. The highest BCUT2D eigenvalue weighted by atomic mass is 35.5. The van der Waals surface area contributed by atoms with Gasteiger partial charge < -0.3 is 9.47 Å². The number of anilines is 1. The van der Waals surface area contributed by atoms with Crippen LogP contribution < -0.4 is 14.2 Å². The summed E-state index contributed by atoms with van der Waals surface area (Å²) in [5.74, 6) is -0.0593. The minimum absolute atomic E-state index is 0.0511. The molecule has 0 fully saturated rings. The lowest BCUT2D eigenvalue weighted by Crippen LogP contribution is -2.14. The first-order valence-electron chi connectivity index (χ1n) is 7.78. The van der Waals surface area contributed by atoms with Crippen LogP contribution in [0.15, 0.2) is 71.6 Å². The van der Waals surface area contributed by atoms with E-state index in [-0.39, 0.29) is 22.1 Å². The zero-order chi connectivity index (χ0) is 19.4. The van der Waals surface area contributed by atoms with E-state index in [1.807, 2.05) is 6.07 Å². The molecular weight excluding hydrogens is 393 g/mol. The molecule has 5 nitrogen and oxygen atoms in total. The summed E-state index contributed by atoms with van der Waals surface area (Å²) in [6, 6.07) is 16.8. The Morgan fingerprint density at radius 2 is 1.67 bits per heavy atom. The molecule has 0 aliphatic heterocycles. The number of ether oxygens (including phenoxy) is 2. The second-order valence-electron chi connectivity index (χ2n) is 5.46. The topological polar surface area (TPSA) is 64.6 Å². The molecule has 8 heteroatoms. The van der Waals surface area contributed by atoms with Crippen LogP contribution in [0.5, 0.6) is 17.2 Å². The van der Waals surface area contributed by atoms with Crippen LogP contribution >= 0.6 is 11.6 Å². The van der Waals surface area contributed by atoms with Crippen molar-refractivity contribution < 1.29 is 22.3 Å². The highest BCUT2D eigenvalue weighted by Gasteiger charge is 2.19. The Balaban J connectivity index is 1.94. The van der Waals surface area contributed by atoms with Crippen molar-refractivity contribution in [2.75, 3.05) is 11.8 Å². The van der Waals surface area contributed by atoms with Crippen LogP contribution in [0.4, 0.5) is 10.1 Å². The van der Waals surface area contributed by atoms with Gasteiger partial charge in [0.05, 0.1) is 17.7 Å². The standard InChI is InChI=1S/C19H15ClFNO4S/c1-25-18-10-8-15(12-16(18)21)27(23,24)22-17-11-13(20)7-9-19(17)26-14-5-3-2-4-6-14/h2-12,22H,1H3. The number of hydrogen-bond donors (Lipinski definition) is 1. The quantitative estimate of drug-likeness (QED) is 0.618. The van der Waals surface area contributed by atoms with Gasteiger partial charge in [0.1, 0.15) is 5.75 Å². The molecule has 0 bridgehead atoms. The molecular formula is C19H15ClFNO4S. The average Bonchev–Trinajstić information content (AvgIpc) is 2.64. The number of halogens is 2. The summed E-state index contributed by atoms with van der Waals surface area (Å²) in [7, 11) is -2.78. The summed E-state index contributed by atoms with van der Waals surface area (Å²) in [4.78, 5) is -0.258. The maximum atomic E-state index is 13.9. The fourth-order valence-corrected chi connectivity index (χ4v) is 3.55. The summed E-state index contributed by atoms with van der Waals surface area (Å²) in [6.45, 7) is 0. The number of hydrogen-bond acceptors (Lipinski definition) is 4. The monoisotopic (exact) mass is 407 g/mol. The number of rotatable bonds is 6. The maximum absolute atomic E-state index is 13.9. The Bertz CT molecular complexity index is 1060. The molecule has 3 aromatic carbocycles. The molecule has 0 heterocycles. The van der Waals surface area contributed by atoms with Gasteiger partial charge in [-0.05, 0) is 48.5 Å². The minimum atomic E-state index is -4.08. The van der Waals surface area contributed by atoms with Crippen molar-refractivity contribution in [1.29, 1.82) is 0 Å². The lowest BCUT2D eigenvalue weighted by molar-refractivity contribution is 0.385. The molecule has 0 aliphatic carbocycles. The molecule has 27 heavy (non-hydrogen) atoms. The van der Waals surface area contributed by atoms with Crippen LogP contribution in [-0.4, -0.2) is 15.5 Å². The average molecular weight is 408 g/mol. The Kier molecular flexibility index (Phi) is 5.53. The highest BCUT2D eigenvalue weighted by molar-refractivity contribution is 7.92. The van der Waals surface area contributed by atoms with Gasteiger partial charge in [0.2, 0.25) is 0 Å². The van der Waals surface area contributed by atoms with Gasteiger partial charge in [-0.3, -0.25) is 4.72 Å².